The lowest BCUT2D eigenvalue weighted by molar-refractivity contribution is 0.0952. The number of nitrogens with one attached hydrogen (secondary N) is 1. The molecule has 6 heteroatoms. The molecule has 0 aliphatic heterocycles. The number of thioether (sulfide) groups is 1. The molecular weight excluding hydrogens is 228 g/mol. The monoisotopic (exact) mass is 244 g/mol. The number of rotatable bonds is 6. The highest BCUT2D eigenvalue weighted by atomic mass is 32.2. The van der Waals surface area contributed by atoms with Crippen LogP contribution in [0.4, 0.5) is 0 Å². The molecule has 0 aliphatic rings. The van der Waals surface area contributed by atoms with Crippen LogP contribution in [0.3, 0.4) is 0 Å². The zero-order chi connectivity index (χ0) is 12.0. The lowest BCUT2D eigenvalue weighted by Gasteiger charge is -2.06. The molecule has 4 N–H and O–H groups in total. The van der Waals surface area contributed by atoms with Gasteiger partial charge in [0, 0.05) is 6.61 Å². The molecule has 0 spiro atoms. The molecule has 5 nitrogen and oxygen atoms in total. The summed E-state index contributed by atoms with van der Waals surface area (Å²) < 4.78 is 5.20. The second kappa shape index (κ2) is 6.57. The summed E-state index contributed by atoms with van der Waals surface area (Å²) in [5.41, 5.74) is 2.53. The molecule has 0 aliphatic carbocycles. The van der Waals surface area contributed by atoms with E-state index in [2.05, 4.69) is 5.43 Å². The van der Waals surface area contributed by atoms with Crippen molar-refractivity contribution in [2.75, 3.05) is 12.4 Å². The number of amides is 1. The summed E-state index contributed by atoms with van der Waals surface area (Å²) in [5.74, 6) is 6.97. The Morgan fingerprint density at radius 2 is 2.50 bits per heavy atom. The van der Waals surface area contributed by atoms with Crippen molar-refractivity contribution in [2.45, 2.75) is 12.7 Å². The minimum absolute atomic E-state index is 0.168. The van der Waals surface area contributed by atoms with Crippen LogP contribution in [-0.4, -0.2) is 23.4 Å². The van der Waals surface area contributed by atoms with Gasteiger partial charge in [0.15, 0.2) is 0 Å². The standard InChI is InChI=1S/C10H16N2O3S/c1-7(4-13)5-16-6-9-8(2-3-15-9)10(14)12-11/h2-3,7,13H,4-6,11H2,1H3,(H,12,14). The molecule has 1 rings (SSSR count). The van der Waals surface area contributed by atoms with Crippen LogP contribution in [0, 0.1) is 5.92 Å². The van der Waals surface area contributed by atoms with Crippen molar-refractivity contribution in [3.8, 4) is 0 Å². The van der Waals surface area contributed by atoms with Gasteiger partial charge < -0.3 is 9.52 Å². The predicted octanol–water partition coefficient (Wildman–Crippen LogP) is 0.745. The lowest BCUT2D eigenvalue weighted by atomic mass is 10.2. The Balaban J connectivity index is 2.48. The van der Waals surface area contributed by atoms with Crippen molar-refractivity contribution in [3.05, 3.63) is 23.7 Å². The van der Waals surface area contributed by atoms with E-state index in [1.807, 2.05) is 6.92 Å². The molecule has 1 aromatic rings. The van der Waals surface area contributed by atoms with Gasteiger partial charge in [0.05, 0.1) is 17.6 Å². The minimum Gasteiger partial charge on any atom is -0.468 e. The fourth-order valence-electron chi connectivity index (χ4n) is 1.14. The van der Waals surface area contributed by atoms with Gasteiger partial charge >= 0.3 is 0 Å². The number of furan rings is 1. The zero-order valence-electron chi connectivity index (χ0n) is 9.10. The van der Waals surface area contributed by atoms with Crippen molar-refractivity contribution in [2.24, 2.45) is 11.8 Å². The number of nitrogens with two attached hydrogens (primary N) is 1. The molecule has 0 radical (unpaired) electrons. The van der Waals surface area contributed by atoms with Gasteiger partial charge in [0.25, 0.3) is 5.91 Å². The first-order valence-corrected chi connectivity index (χ1v) is 6.10. The van der Waals surface area contributed by atoms with Crippen LogP contribution in [0.2, 0.25) is 0 Å². The maximum absolute atomic E-state index is 11.3. The normalized spacial score (nSPS) is 12.4. The van der Waals surface area contributed by atoms with Gasteiger partial charge in [-0.15, -0.1) is 0 Å². The van der Waals surface area contributed by atoms with E-state index < -0.39 is 0 Å². The number of carbonyl (C=O) groups is 1. The van der Waals surface area contributed by atoms with Crippen molar-refractivity contribution in [1.82, 2.24) is 5.43 Å². The van der Waals surface area contributed by atoms with Gasteiger partial charge in [0.2, 0.25) is 0 Å². The van der Waals surface area contributed by atoms with Gasteiger partial charge in [0.1, 0.15) is 5.76 Å². The second-order valence-electron chi connectivity index (χ2n) is 3.53. The first-order valence-electron chi connectivity index (χ1n) is 4.95. The maximum Gasteiger partial charge on any atom is 0.268 e. The molecule has 0 fully saturated rings. The molecular formula is C10H16N2O3S. The quantitative estimate of drug-likeness (QED) is 0.390. The van der Waals surface area contributed by atoms with Crippen molar-refractivity contribution in [3.63, 3.8) is 0 Å². The van der Waals surface area contributed by atoms with Gasteiger partial charge in [-0.1, -0.05) is 6.92 Å². The smallest absolute Gasteiger partial charge is 0.268 e. The Bertz CT molecular complexity index is 341. The summed E-state index contributed by atoms with van der Waals surface area (Å²) in [7, 11) is 0. The summed E-state index contributed by atoms with van der Waals surface area (Å²) in [4.78, 5) is 11.3. The second-order valence-corrected chi connectivity index (χ2v) is 4.56. The van der Waals surface area contributed by atoms with Crippen LogP contribution < -0.4 is 11.3 Å². The number of aliphatic hydroxyl groups is 1. The molecule has 1 atom stereocenters. The first-order chi connectivity index (χ1) is 7.69. The SMILES string of the molecule is CC(CO)CSCc1occc1C(=O)NN. The van der Waals surface area contributed by atoms with Crippen LogP contribution in [0.25, 0.3) is 0 Å². The van der Waals surface area contributed by atoms with E-state index >= 15 is 0 Å². The molecule has 0 aromatic carbocycles. The number of nitrogen functional groups attached to an aromatic ring is 1. The third-order valence-corrected chi connectivity index (χ3v) is 3.34. The molecule has 1 unspecified atom stereocenters. The van der Waals surface area contributed by atoms with Crippen molar-refractivity contribution in [1.29, 1.82) is 0 Å². The first kappa shape index (κ1) is 13.1. The molecule has 0 bridgehead atoms. The fourth-order valence-corrected chi connectivity index (χ4v) is 2.17. The fraction of sp³-hybridized carbons (Fsp3) is 0.500. The molecule has 16 heavy (non-hydrogen) atoms. The average molecular weight is 244 g/mol. The number of aliphatic hydroxyl groups excluding tert-OH is 1. The largest absolute Gasteiger partial charge is 0.468 e. The maximum atomic E-state index is 11.3. The van der Waals surface area contributed by atoms with E-state index in [9.17, 15) is 4.79 Å². The van der Waals surface area contributed by atoms with E-state index in [0.29, 0.717) is 17.1 Å². The Morgan fingerprint density at radius 1 is 1.75 bits per heavy atom. The summed E-state index contributed by atoms with van der Waals surface area (Å²) in [6, 6.07) is 1.59. The van der Waals surface area contributed by atoms with E-state index in [1.54, 1.807) is 17.8 Å². The molecule has 0 saturated carbocycles. The highest BCUT2D eigenvalue weighted by Gasteiger charge is 2.13. The number of hydrazine groups is 1. The van der Waals surface area contributed by atoms with Crippen LogP contribution in [0.1, 0.15) is 23.0 Å². The molecule has 90 valence electrons. The van der Waals surface area contributed by atoms with Gasteiger partial charge in [-0.3, -0.25) is 10.2 Å². The van der Waals surface area contributed by atoms with Gasteiger partial charge in [-0.2, -0.15) is 11.8 Å². The zero-order valence-corrected chi connectivity index (χ0v) is 9.92. The molecule has 1 amide bonds. The summed E-state index contributed by atoms with van der Waals surface area (Å²) in [6.07, 6.45) is 1.47. The molecule has 1 aromatic heterocycles. The highest BCUT2D eigenvalue weighted by Crippen LogP contribution is 2.19. The van der Waals surface area contributed by atoms with Crippen molar-refractivity contribution < 1.29 is 14.3 Å². The number of hydrogen-bond donors (Lipinski definition) is 3. The molecule has 1 heterocycles. The lowest BCUT2D eigenvalue weighted by Crippen LogP contribution is -2.30. The van der Waals surface area contributed by atoms with E-state index in [0.717, 1.165) is 5.75 Å². The molecule has 0 saturated heterocycles. The van der Waals surface area contributed by atoms with Crippen LogP contribution in [-0.2, 0) is 5.75 Å². The van der Waals surface area contributed by atoms with Crippen LogP contribution >= 0.6 is 11.8 Å². The van der Waals surface area contributed by atoms with E-state index in [4.69, 9.17) is 15.4 Å². The summed E-state index contributed by atoms with van der Waals surface area (Å²) in [5, 5.41) is 8.86. The number of carbonyl (C=O) groups excluding carboxylic acids is 1. The Labute approximate surface area is 98.4 Å². The van der Waals surface area contributed by atoms with Crippen molar-refractivity contribution >= 4 is 17.7 Å². The van der Waals surface area contributed by atoms with E-state index in [-0.39, 0.29) is 18.4 Å². The van der Waals surface area contributed by atoms with Gasteiger partial charge in [-0.25, -0.2) is 5.84 Å². The van der Waals surface area contributed by atoms with Crippen LogP contribution in [0.15, 0.2) is 16.7 Å². The van der Waals surface area contributed by atoms with E-state index in [1.165, 1.54) is 6.26 Å². The Morgan fingerprint density at radius 3 is 3.12 bits per heavy atom. The predicted molar refractivity (Wildman–Crippen MR) is 62.8 cm³/mol. The highest BCUT2D eigenvalue weighted by molar-refractivity contribution is 7.98. The Hall–Kier alpha value is -0.980. The Kier molecular flexibility index (Phi) is 5.37. The third kappa shape index (κ3) is 3.55. The average Bonchev–Trinajstić information content (AvgIpc) is 2.76. The summed E-state index contributed by atoms with van der Waals surface area (Å²) in [6.45, 7) is 2.13. The topological polar surface area (TPSA) is 88.5 Å². The minimum atomic E-state index is -0.348. The van der Waals surface area contributed by atoms with Crippen LogP contribution in [0.5, 0.6) is 0 Å². The number of hydrogen-bond acceptors (Lipinski definition) is 5. The van der Waals surface area contributed by atoms with Gasteiger partial charge in [-0.05, 0) is 17.7 Å². The summed E-state index contributed by atoms with van der Waals surface area (Å²) >= 11 is 1.61. The third-order valence-electron chi connectivity index (χ3n) is 2.07.